The second kappa shape index (κ2) is 10.6. The van der Waals surface area contributed by atoms with Crippen LogP contribution in [0.1, 0.15) is 33.6 Å². The summed E-state index contributed by atoms with van der Waals surface area (Å²) in [7, 11) is -3.60. The van der Waals surface area contributed by atoms with Gasteiger partial charge in [-0.25, -0.2) is 13.1 Å². The van der Waals surface area contributed by atoms with E-state index in [1.54, 1.807) is 30.3 Å². The molecule has 7 nitrogen and oxygen atoms in total. The molecule has 0 saturated heterocycles. The zero-order valence-corrected chi connectivity index (χ0v) is 20.2. The largest absolute Gasteiger partial charge is 0.351 e. The van der Waals surface area contributed by atoms with E-state index < -0.39 is 10.0 Å². The lowest BCUT2D eigenvalue weighted by molar-refractivity contribution is -0.116. The third-order valence-corrected chi connectivity index (χ3v) is 6.82. The van der Waals surface area contributed by atoms with Gasteiger partial charge in [-0.2, -0.15) is 5.10 Å². The summed E-state index contributed by atoms with van der Waals surface area (Å²) in [5, 5.41) is 7.30. The van der Waals surface area contributed by atoms with Gasteiger partial charge >= 0.3 is 0 Å². The molecule has 2 aromatic carbocycles. The number of benzene rings is 2. The summed E-state index contributed by atoms with van der Waals surface area (Å²) in [5.41, 5.74) is 6.08. The topological polar surface area (TPSA) is 93.1 Å². The Balaban J connectivity index is 1.52. The van der Waals surface area contributed by atoms with Crippen molar-refractivity contribution >= 4 is 22.0 Å². The van der Waals surface area contributed by atoms with Gasteiger partial charge in [-0.3, -0.25) is 9.48 Å². The zero-order chi connectivity index (χ0) is 24.0. The average molecular weight is 467 g/mol. The first-order valence-electron chi connectivity index (χ1n) is 10.8. The fourth-order valence-electron chi connectivity index (χ4n) is 3.36. The maximum atomic E-state index is 12.3. The van der Waals surface area contributed by atoms with Gasteiger partial charge in [0.15, 0.2) is 0 Å². The van der Waals surface area contributed by atoms with Crippen LogP contribution >= 0.6 is 0 Å². The summed E-state index contributed by atoms with van der Waals surface area (Å²) in [6.45, 7) is 8.78. The van der Waals surface area contributed by atoms with Crippen LogP contribution in [0, 0.1) is 27.7 Å². The van der Waals surface area contributed by atoms with E-state index in [1.165, 1.54) is 11.6 Å². The molecular weight excluding hydrogens is 436 g/mol. The summed E-state index contributed by atoms with van der Waals surface area (Å²) >= 11 is 0. The SMILES string of the molecule is Cc1ccc(Cn2nc(C)c(C=CC(=O)NCCNS(=O)(=O)c3ccc(C)cc3)c2C)cc1. The van der Waals surface area contributed by atoms with Gasteiger partial charge in [0.2, 0.25) is 15.9 Å². The van der Waals surface area contributed by atoms with E-state index in [9.17, 15) is 13.2 Å². The van der Waals surface area contributed by atoms with Crippen LogP contribution in [-0.4, -0.2) is 37.2 Å². The lowest BCUT2D eigenvalue weighted by atomic mass is 10.1. The Morgan fingerprint density at radius 1 is 0.939 bits per heavy atom. The molecule has 3 aromatic rings. The molecule has 0 fully saturated rings. The van der Waals surface area contributed by atoms with Crippen LogP contribution in [0.2, 0.25) is 0 Å². The molecule has 2 N–H and O–H groups in total. The Hall–Kier alpha value is -3.23. The Kier molecular flexibility index (Phi) is 7.84. The van der Waals surface area contributed by atoms with Gasteiger partial charge in [-0.1, -0.05) is 47.5 Å². The maximum absolute atomic E-state index is 12.3. The Morgan fingerprint density at radius 3 is 2.18 bits per heavy atom. The second-order valence-corrected chi connectivity index (χ2v) is 9.83. The fourth-order valence-corrected chi connectivity index (χ4v) is 4.39. The van der Waals surface area contributed by atoms with Gasteiger partial charge in [-0.05, 0) is 51.5 Å². The van der Waals surface area contributed by atoms with Gasteiger partial charge in [0, 0.05) is 30.4 Å². The van der Waals surface area contributed by atoms with Crippen LogP contribution in [0.3, 0.4) is 0 Å². The van der Waals surface area contributed by atoms with E-state index in [0.29, 0.717) is 6.54 Å². The Bertz CT molecular complexity index is 1240. The van der Waals surface area contributed by atoms with Gasteiger partial charge in [0.05, 0.1) is 17.1 Å². The number of rotatable bonds is 9. The molecule has 0 aliphatic heterocycles. The number of amides is 1. The first kappa shape index (κ1) is 24.4. The normalized spacial score (nSPS) is 11.8. The number of carbonyl (C=O) groups is 1. The fraction of sp³-hybridized carbons (Fsp3) is 0.280. The summed E-state index contributed by atoms with van der Waals surface area (Å²) < 4.78 is 29.0. The van der Waals surface area contributed by atoms with E-state index >= 15 is 0 Å². The molecule has 0 spiro atoms. The predicted octanol–water partition coefficient (Wildman–Crippen LogP) is 3.27. The third kappa shape index (κ3) is 6.63. The first-order chi connectivity index (χ1) is 15.7. The van der Waals surface area contributed by atoms with Crippen molar-refractivity contribution in [3.63, 3.8) is 0 Å². The van der Waals surface area contributed by atoms with Crippen LogP contribution in [0.15, 0.2) is 59.5 Å². The van der Waals surface area contributed by atoms with Crippen LogP contribution < -0.4 is 10.0 Å². The van der Waals surface area contributed by atoms with Crippen molar-refractivity contribution in [1.82, 2.24) is 19.8 Å². The number of aromatic nitrogens is 2. The molecule has 0 radical (unpaired) electrons. The minimum absolute atomic E-state index is 0.0995. The molecule has 0 unspecified atom stereocenters. The van der Waals surface area contributed by atoms with Crippen LogP contribution in [-0.2, 0) is 21.4 Å². The highest BCUT2D eigenvalue weighted by molar-refractivity contribution is 7.89. The van der Waals surface area contributed by atoms with Crippen molar-refractivity contribution in [3.05, 3.63) is 88.2 Å². The minimum Gasteiger partial charge on any atom is -0.351 e. The monoisotopic (exact) mass is 466 g/mol. The van der Waals surface area contributed by atoms with Crippen molar-refractivity contribution in [2.45, 2.75) is 39.1 Å². The molecule has 0 bridgehead atoms. The number of aryl methyl sites for hydroxylation is 3. The highest BCUT2D eigenvalue weighted by Gasteiger charge is 2.13. The van der Waals surface area contributed by atoms with Gasteiger partial charge < -0.3 is 5.32 Å². The molecule has 0 saturated carbocycles. The number of nitrogens with zero attached hydrogens (tertiary/aromatic N) is 2. The van der Waals surface area contributed by atoms with Gasteiger partial charge in [0.1, 0.15) is 0 Å². The van der Waals surface area contributed by atoms with Crippen molar-refractivity contribution in [3.8, 4) is 0 Å². The number of nitrogens with one attached hydrogen (secondary N) is 2. The van der Waals surface area contributed by atoms with Crippen LogP contribution in [0.25, 0.3) is 6.08 Å². The number of sulfonamides is 1. The summed E-state index contributed by atoms with van der Waals surface area (Å²) in [5.74, 6) is -0.297. The molecule has 174 valence electrons. The highest BCUT2D eigenvalue weighted by Crippen LogP contribution is 2.17. The molecule has 0 aliphatic rings. The predicted molar refractivity (Wildman–Crippen MR) is 130 cm³/mol. The summed E-state index contributed by atoms with van der Waals surface area (Å²) in [6, 6.07) is 14.9. The van der Waals surface area contributed by atoms with Crippen molar-refractivity contribution < 1.29 is 13.2 Å². The average Bonchev–Trinajstić information content (AvgIpc) is 3.04. The minimum atomic E-state index is -3.60. The lowest BCUT2D eigenvalue weighted by Crippen LogP contribution is -2.34. The maximum Gasteiger partial charge on any atom is 0.244 e. The summed E-state index contributed by atoms with van der Waals surface area (Å²) in [6.07, 6.45) is 3.19. The molecule has 0 aliphatic carbocycles. The molecule has 33 heavy (non-hydrogen) atoms. The molecule has 0 atom stereocenters. The van der Waals surface area contributed by atoms with Crippen LogP contribution in [0.4, 0.5) is 0 Å². The van der Waals surface area contributed by atoms with Gasteiger partial charge in [-0.15, -0.1) is 0 Å². The Morgan fingerprint density at radius 2 is 1.55 bits per heavy atom. The summed E-state index contributed by atoms with van der Waals surface area (Å²) in [4.78, 5) is 12.4. The molecule has 8 heteroatoms. The van der Waals surface area contributed by atoms with Crippen molar-refractivity contribution in [2.75, 3.05) is 13.1 Å². The Labute approximate surface area is 195 Å². The van der Waals surface area contributed by atoms with E-state index in [0.717, 1.165) is 28.1 Å². The smallest absolute Gasteiger partial charge is 0.244 e. The van der Waals surface area contributed by atoms with Gasteiger partial charge in [0.25, 0.3) is 0 Å². The third-order valence-electron chi connectivity index (χ3n) is 5.34. The molecular formula is C25H30N4O3S. The number of hydrogen-bond acceptors (Lipinski definition) is 4. The second-order valence-electron chi connectivity index (χ2n) is 8.06. The zero-order valence-electron chi connectivity index (χ0n) is 19.4. The van der Waals surface area contributed by atoms with Crippen LogP contribution in [0.5, 0.6) is 0 Å². The standard InChI is InChI=1S/C25H30N4O3S/c1-18-5-9-22(10-6-18)17-29-21(4)24(20(3)28-29)13-14-25(30)26-15-16-27-33(31,32)23-11-7-19(2)8-12-23/h5-14,27H,15-17H2,1-4H3,(H,26,30). The molecule has 1 heterocycles. The number of carbonyl (C=O) groups excluding carboxylic acids is 1. The van der Waals surface area contributed by atoms with Crippen molar-refractivity contribution in [2.24, 2.45) is 0 Å². The molecule has 1 aromatic heterocycles. The number of hydrogen-bond donors (Lipinski definition) is 2. The first-order valence-corrected chi connectivity index (χ1v) is 12.3. The van der Waals surface area contributed by atoms with Crippen molar-refractivity contribution in [1.29, 1.82) is 0 Å². The lowest BCUT2D eigenvalue weighted by Gasteiger charge is -2.07. The highest BCUT2D eigenvalue weighted by atomic mass is 32.2. The van der Waals surface area contributed by atoms with E-state index in [-0.39, 0.29) is 23.9 Å². The van der Waals surface area contributed by atoms with E-state index in [4.69, 9.17) is 0 Å². The van der Waals surface area contributed by atoms with E-state index in [2.05, 4.69) is 46.3 Å². The quantitative estimate of drug-likeness (QED) is 0.374. The van der Waals surface area contributed by atoms with E-state index in [1.807, 2.05) is 25.5 Å². The molecule has 1 amide bonds. The molecule has 3 rings (SSSR count).